The van der Waals surface area contributed by atoms with E-state index in [0.717, 1.165) is 29.9 Å². The monoisotopic (exact) mass is 496 g/mol. The summed E-state index contributed by atoms with van der Waals surface area (Å²) in [6, 6.07) is 1.13. The Hall–Kier alpha value is -2.95. The minimum absolute atomic E-state index is 0.132. The standard InChI is InChI=1S/C24H36N2O9/c1-4-7-10-18(28)32-15-16-21(34-19(29)11-8-5-2)22(35-20(30)12-9-6-3)23(33-16)26-14-13-17(27)25-24(26)31/h13-14,16,21-23H,4-12,15H2,1-3H3,(H,25,27,31)/t16-,21?,22?,23-/m0/s1. The van der Waals surface area contributed by atoms with Crippen molar-refractivity contribution in [3.63, 3.8) is 0 Å². The largest absolute Gasteiger partial charge is 0.463 e. The van der Waals surface area contributed by atoms with Gasteiger partial charge in [-0.1, -0.05) is 40.0 Å². The van der Waals surface area contributed by atoms with Crippen molar-refractivity contribution in [2.24, 2.45) is 0 Å². The van der Waals surface area contributed by atoms with Crippen LogP contribution in [-0.2, 0) is 33.3 Å². The zero-order valence-corrected chi connectivity index (χ0v) is 20.7. The van der Waals surface area contributed by atoms with Crippen molar-refractivity contribution in [3.05, 3.63) is 33.1 Å². The van der Waals surface area contributed by atoms with Crippen molar-refractivity contribution in [2.75, 3.05) is 6.61 Å². The second kappa shape index (κ2) is 14.4. The minimum atomic E-state index is -1.20. The lowest BCUT2D eigenvalue weighted by atomic mass is 10.1. The molecular formula is C24H36N2O9. The van der Waals surface area contributed by atoms with Crippen LogP contribution in [0, 0.1) is 0 Å². The third kappa shape index (κ3) is 8.65. The van der Waals surface area contributed by atoms with Gasteiger partial charge in [0.2, 0.25) is 0 Å². The van der Waals surface area contributed by atoms with Gasteiger partial charge in [-0.25, -0.2) is 4.79 Å². The third-order valence-electron chi connectivity index (χ3n) is 5.56. The van der Waals surface area contributed by atoms with E-state index < -0.39 is 53.7 Å². The molecule has 2 heterocycles. The molecule has 2 rings (SSSR count). The van der Waals surface area contributed by atoms with Gasteiger partial charge in [0.1, 0.15) is 12.7 Å². The zero-order chi connectivity index (χ0) is 25.8. The fraction of sp³-hybridized carbons (Fsp3) is 0.708. The van der Waals surface area contributed by atoms with Gasteiger partial charge >= 0.3 is 23.6 Å². The van der Waals surface area contributed by atoms with E-state index in [1.54, 1.807) is 0 Å². The summed E-state index contributed by atoms with van der Waals surface area (Å²) >= 11 is 0. The number of H-pyrrole nitrogens is 1. The summed E-state index contributed by atoms with van der Waals surface area (Å²) in [6.07, 6.45) is 1.45. The Kier molecular flexibility index (Phi) is 11.7. The highest BCUT2D eigenvalue weighted by Gasteiger charge is 2.51. The van der Waals surface area contributed by atoms with Crippen molar-refractivity contribution >= 4 is 17.9 Å². The molecule has 2 unspecified atom stereocenters. The quantitative estimate of drug-likeness (QED) is 0.303. The van der Waals surface area contributed by atoms with Crippen molar-refractivity contribution in [1.82, 2.24) is 9.55 Å². The van der Waals surface area contributed by atoms with Gasteiger partial charge in [0.25, 0.3) is 5.56 Å². The predicted molar refractivity (Wildman–Crippen MR) is 125 cm³/mol. The number of carbonyl (C=O) groups is 3. The molecule has 11 heteroatoms. The molecule has 35 heavy (non-hydrogen) atoms. The molecule has 1 aromatic heterocycles. The van der Waals surface area contributed by atoms with Crippen molar-refractivity contribution in [1.29, 1.82) is 0 Å². The Morgan fingerprint density at radius 2 is 1.43 bits per heavy atom. The predicted octanol–water partition coefficient (Wildman–Crippen LogP) is 2.37. The number of hydrogen-bond acceptors (Lipinski definition) is 9. The number of aromatic amines is 1. The Bertz CT molecular complexity index is 955. The van der Waals surface area contributed by atoms with Gasteiger partial charge in [0.05, 0.1) is 0 Å². The molecule has 196 valence electrons. The highest BCUT2D eigenvalue weighted by molar-refractivity contribution is 5.71. The molecule has 0 saturated carbocycles. The number of hydrogen-bond donors (Lipinski definition) is 1. The molecule has 1 aliphatic heterocycles. The topological polar surface area (TPSA) is 143 Å². The number of ether oxygens (including phenoxy) is 4. The maximum absolute atomic E-state index is 12.5. The van der Waals surface area contributed by atoms with E-state index in [2.05, 4.69) is 4.98 Å². The number of aromatic nitrogens is 2. The van der Waals surface area contributed by atoms with E-state index in [4.69, 9.17) is 18.9 Å². The van der Waals surface area contributed by atoms with E-state index in [0.29, 0.717) is 19.3 Å². The van der Waals surface area contributed by atoms with Crippen LogP contribution in [0.2, 0.25) is 0 Å². The van der Waals surface area contributed by atoms with Gasteiger partial charge in [0, 0.05) is 31.5 Å². The lowest BCUT2D eigenvalue weighted by Gasteiger charge is -2.25. The maximum atomic E-state index is 12.5. The Balaban J connectivity index is 2.35. The molecule has 0 aromatic carbocycles. The van der Waals surface area contributed by atoms with Crippen LogP contribution < -0.4 is 11.2 Å². The number of nitrogens with zero attached hydrogens (tertiary/aromatic N) is 1. The van der Waals surface area contributed by atoms with Crippen LogP contribution in [0.25, 0.3) is 0 Å². The van der Waals surface area contributed by atoms with Crippen LogP contribution >= 0.6 is 0 Å². The van der Waals surface area contributed by atoms with E-state index in [1.807, 2.05) is 20.8 Å². The molecule has 4 atom stereocenters. The Morgan fingerprint density at radius 3 is 1.97 bits per heavy atom. The molecule has 1 N–H and O–H groups in total. The van der Waals surface area contributed by atoms with Crippen LogP contribution in [0.3, 0.4) is 0 Å². The molecule has 0 bridgehead atoms. The summed E-state index contributed by atoms with van der Waals surface area (Å²) in [5.74, 6) is -1.50. The van der Waals surface area contributed by atoms with Crippen LogP contribution in [0.5, 0.6) is 0 Å². The lowest BCUT2D eigenvalue weighted by Crippen LogP contribution is -2.43. The maximum Gasteiger partial charge on any atom is 0.330 e. The summed E-state index contributed by atoms with van der Waals surface area (Å²) in [4.78, 5) is 63.3. The number of esters is 3. The van der Waals surface area contributed by atoms with Crippen LogP contribution in [0.15, 0.2) is 21.9 Å². The van der Waals surface area contributed by atoms with Gasteiger partial charge in [-0.15, -0.1) is 0 Å². The van der Waals surface area contributed by atoms with Crippen molar-refractivity contribution in [2.45, 2.75) is 103 Å². The lowest BCUT2D eigenvalue weighted by molar-refractivity contribution is -0.169. The third-order valence-corrected chi connectivity index (χ3v) is 5.56. The number of nitrogens with one attached hydrogen (secondary N) is 1. The van der Waals surface area contributed by atoms with Crippen LogP contribution in [-0.4, -0.2) is 52.4 Å². The highest BCUT2D eigenvalue weighted by Crippen LogP contribution is 2.34. The second-order valence-electron chi connectivity index (χ2n) is 8.49. The first-order chi connectivity index (χ1) is 16.8. The number of unbranched alkanes of at least 4 members (excludes halogenated alkanes) is 3. The Morgan fingerprint density at radius 1 is 0.886 bits per heavy atom. The minimum Gasteiger partial charge on any atom is -0.463 e. The van der Waals surface area contributed by atoms with E-state index in [1.165, 1.54) is 6.20 Å². The smallest absolute Gasteiger partial charge is 0.330 e. The number of rotatable bonds is 14. The first-order valence-electron chi connectivity index (χ1n) is 12.3. The summed E-state index contributed by atoms with van der Waals surface area (Å²) in [5, 5.41) is 0. The summed E-state index contributed by atoms with van der Waals surface area (Å²) < 4.78 is 23.7. The van der Waals surface area contributed by atoms with Crippen molar-refractivity contribution in [3.8, 4) is 0 Å². The van der Waals surface area contributed by atoms with Gasteiger partial charge in [-0.2, -0.15) is 0 Å². The van der Waals surface area contributed by atoms with Gasteiger partial charge in [-0.05, 0) is 19.3 Å². The SMILES string of the molecule is CCCCC(=O)OC[C@@H]1O[C@H](n2ccc(=O)[nH]c2=O)C(OC(=O)CCCC)C1OC(=O)CCCC. The zero-order valence-electron chi connectivity index (χ0n) is 20.7. The summed E-state index contributed by atoms with van der Waals surface area (Å²) in [5.41, 5.74) is -1.39. The van der Waals surface area contributed by atoms with Crippen LogP contribution in [0.1, 0.15) is 84.8 Å². The molecule has 1 fully saturated rings. The first kappa shape index (κ1) is 28.3. The molecule has 1 aromatic rings. The van der Waals surface area contributed by atoms with E-state index in [-0.39, 0.29) is 25.9 Å². The molecule has 11 nitrogen and oxygen atoms in total. The summed E-state index contributed by atoms with van der Waals surface area (Å²) in [7, 11) is 0. The molecule has 0 amide bonds. The number of carbonyl (C=O) groups excluding carboxylic acids is 3. The normalized spacial score (nSPS) is 21.5. The van der Waals surface area contributed by atoms with Gasteiger partial charge < -0.3 is 18.9 Å². The van der Waals surface area contributed by atoms with Gasteiger partial charge in [-0.3, -0.25) is 28.7 Å². The second-order valence-corrected chi connectivity index (χ2v) is 8.49. The molecule has 0 spiro atoms. The summed E-state index contributed by atoms with van der Waals surface area (Å²) in [6.45, 7) is 5.55. The fourth-order valence-corrected chi connectivity index (χ4v) is 3.59. The molecule has 0 aliphatic carbocycles. The van der Waals surface area contributed by atoms with E-state index >= 15 is 0 Å². The van der Waals surface area contributed by atoms with Crippen LogP contribution in [0.4, 0.5) is 0 Å². The molecular weight excluding hydrogens is 460 g/mol. The van der Waals surface area contributed by atoms with E-state index in [9.17, 15) is 24.0 Å². The van der Waals surface area contributed by atoms with Gasteiger partial charge in [0.15, 0.2) is 18.4 Å². The Labute approximate surface area is 204 Å². The molecule has 0 radical (unpaired) electrons. The first-order valence-corrected chi connectivity index (χ1v) is 12.3. The van der Waals surface area contributed by atoms with Crippen molar-refractivity contribution < 1.29 is 33.3 Å². The highest BCUT2D eigenvalue weighted by atomic mass is 16.7. The molecule has 1 saturated heterocycles. The fourth-order valence-electron chi connectivity index (χ4n) is 3.59. The molecule has 1 aliphatic rings. The average molecular weight is 497 g/mol. The average Bonchev–Trinajstić information content (AvgIpc) is 3.14.